The van der Waals surface area contributed by atoms with E-state index in [0.717, 1.165) is 18.8 Å². The van der Waals surface area contributed by atoms with Gasteiger partial charge in [0, 0.05) is 25.8 Å². The molecule has 8 nitrogen and oxygen atoms in total. The topological polar surface area (TPSA) is 77.2 Å². The zero-order chi connectivity index (χ0) is 18.6. The van der Waals surface area contributed by atoms with Crippen molar-refractivity contribution in [3.63, 3.8) is 0 Å². The molecule has 4 atom stereocenters. The molecule has 140 valence electrons. The van der Waals surface area contributed by atoms with Gasteiger partial charge in [-0.05, 0) is 24.1 Å². The van der Waals surface area contributed by atoms with E-state index in [-0.39, 0.29) is 24.4 Å². The van der Waals surface area contributed by atoms with Gasteiger partial charge in [0.1, 0.15) is 24.2 Å². The van der Waals surface area contributed by atoms with Crippen molar-refractivity contribution in [3.05, 3.63) is 23.2 Å². The Balaban J connectivity index is 1.69. The van der Waals surface area contributed by atoms with E-state index < -0.39 is 6.04 Å². The van der Waals surface area contributed by atoms with Crippen LogP contribution < -0.4 is 20.3 Å². The van der Waals surface area contributed by atoms with Crippen LogP contribution in [0.25, 0.3) is 0 Å². The predicted octanol–water partition coefficient (Wildman–Crippen LogP) is 0.870. The van der Waals surface area contributed by atoms with Crippen molar-refractivity contribution in [1.82, 2.24) is 20.4 Å². The van der Waals surface area contributed by atoms with Crippen LogP contribution in [0.15, 0.2) is 18.2 Å². The number of carbonyl (C=O) groups excluding carboxylic acids is 2. The number of hydrogen-bond donors (Lipinski definition) is 2. The lowest BCUT2D eigenvalue weighted by Crippen LogP contribution is -2.65. The van der Waals surface area contributed by atoms with E-state index in [9.17, 15) is 9.59 Å². The Morgan fingerprint density at radius 2 is 2.04 bits per heavy atom. The van der Waals surface area contributed by atoms with Crippen molar-refractivity contribution in [2.75, 3.05) is 32.1 Å². The van der Waals surface area contributed by atoms with Crippen molar-refractivity contribution >= 4 is 29.2 Å². The summed E-state index contributed by atoms with van der Waals surface area (Å²) in [7, 11) is 3.28. The normalized spacial score (nSPS) is 31.5. The lowest BCUT2D eigenvalue weighted by atomic mass is 10.0. The zero-order valence-corrected chi connectivity index (χ0v) is 15.7. The molecule has 1 aromatic carbocycles. The largest absolute Gasteiger partial charge is 0.495 e. The van der Waals surface area contributed by atoms with Crippen molar-refractivity contribution in [2.24, 2.45) is 5.92 Å². The second-order valence-corrected chi connectivity index (χ2v) is 7.52. The first-order chi connectivity index (χ1) is 12.4. The number of fused-ring (bicyclic) bond motifs is 3. The van der Waals surface area contributed by atoms with Crippen LogP contribution in [0, 0.1) is 5.92 Å². The maximum atomic E-state index is 12.5. The van der Waals surface area contributed by atoms with Gasteiger partial charge in [0.05, 0.1) is 12.1 Å². The lowest BCUT2D eigenvalue weighted by molar-refractivity contribution is -0.128. The maximum absolute atomic E-state index is 12.5. The second-order valence-electron chi connectivity index (χ2n) is 7.11. The molecule has 3 heterocycles. The molecule has 3 fully saturated rings. The fourth-order valence-electron chi connectivity index (χ4n) is 4.10. The molecular formula is C17H22ClN5O3. The fourth-order valence-corrected chi connectivity index (χ4v) is 4.35. The molecule has 3 aliphatic rings. The Labute approximate surface area is 157 Å². The van der Waals surface area contributed by atoms with Gasteiger partial charge < -0.3 is 14.5 Å². The number of amides is 3. The summed E-state index contributed by atoms with van der Waals surface area (Å²) >= 11 is 6.31. The number of benzene rings is 1. The Bertz CT molecular complexity index is 760. The number of carbonyl (C=O) groups is 2. The third-order valence-corrected chi connectivity index (χ3v) is 5.62. The van der Waals surface area contributed by atoms with E-state index in [4.69, 9.17) is 16.3 Å². The number of urea groups is 1. The van der Waals surface area contributed by atoms with Gasteiger partial charge in [-0.2, -0.15) is 0 Å². The summed E-state index contributed by atoms with van der Waals surface area (Å²) in [5.41, 5.74) is 0.942. The van der Waals surface area contributed by atoms with Gasteiger partial charge in [0.15, 0.2) is 0 Å². The molecule has 0 spiro atoms. The van der Waals surface area contributed by atoms with Crippen LogP contribution in [0.2, 0.25) is 5.02 Å². The fraction of sp³-hybridized carbons (Fsp3) is 0.529. The number of imide groups is 1. The van der Waals surface area contributed by atoms with Gasteiger partial charge >= 0.3 is 6.03 Å². The van der Waals surface area contributed by atoms with Gasteiger partial charge in [-0.15, -0.1) is 0 Å². The predicted molar refractivity (Wildman–Crippen MR) is 97.0 cm³/mol. The minimum absolute atomic E-state index is 0.190. The Morgan fingerprint density at radius 1 is 1.27 bits per heavy atom. The summed E-state index contributed by atoms with van der Waals surface area (Å²) in [6.07, 6.45) is -0.549. The smallest absolute Gasteiger partial charge is 0.325 e. The first-order valence-corrected chi connectivity index (χ1v) is 8.98. The Hall–Kier alpha value is -2.03. The summed E-state index contributed by atoms with van der Waals surface area (Å²) < 4.78 is 5.24. The number of nitrogens with one attached hydrogen (secondary N) is 2. The zero-order valence-electron chi connectivity index (χ0n) is 14.9. The molecule has 3 saturated heterocycles. The summed E-state index contributed by atoms with van der Waals surface area (Å²) in [6.45, 7) is 3.74. The molecule has 4 rings (SSSR count). The first-order valence-electron chi connectivity index (χ1n) is 8.60. The molecule has 3 amide bonds. The number of likely N-dealkylation sites (N-methyl/N-ethyl adjacent to an activating group) is 1. The quantitative estimate of drug-likeness (QED) is 0.794. The average molecular weight is 380 g/mol. The molecule has 0 radical (unpaired) electrons. The van der Waals surface area contributed by atoms with E-state index in [1.54, 1.807) is 19.1 Å². The van der Waals surface area contributed by atoms with Crippen LogP contribution in [0.5, 0.6) is 5.75 Å². The van der Waals surface area contributed by atoms with Crippen molar-refractivity contribution in [2.45, 2.75) is 25.4 Å². The molecule has 0 saturated carbocycles. The highest BCUT2D eigenvalue weighted by molar-refractivity contribution is 6.32. The highest BCUT2D eigenvalue weighted by Crippen LogP contribution is 2.35. The van der Waals surface area contributed by atoms with Crippen LogP contribution in [-0.2, 0) is 4.79 Å². The Kier molecular flexibility index (Phi) is 4.21. The first kappa shape index (κ1) is 17.4. The van der Waals surface area contributed by atoms with Crippen molar-refractivity contribution < 1.29 is 14.3 Å². The number of nitrogens with zero attached hydrogens (tertiary/aromatic N) is 3. The molecule has 0 aromatic heterocycles. The van der Waals surface area contributed by atoms with Crippen LogP contribution in [-0.4, -0.2) is 67.5 Å². The van der Waals surface area contributed by atoms with E-state index in [1.807, 2.05) is 18.2 Å². The SMILES string of the molecule is COc1ccc(N2CC(C)CN3C4C(=O)NC(=O)N(C)C4NC23)cc1Cl. The van der Waals surface area contributed by atoms with Gasteiger partial charge in [-0.1, -0.05) is 18.5 Å². The molecule has 0 aliphatic carbocycles. The van der Waals surface area contributed by atoms with Gasteiger partial charge in [-0.25, -0.2) is 4.79 Å². The molecule has 3 aliphatic heterocycles. The maximum Gasteiger partial charge on any atom is 0.325 e. The van der Waals surface area contributed by atoms with Crippen LogP contribution in [0.1, 0.15) is 6.92 Å². The molecule has 4 unspecified atom stereocenters. The number of ether oxygens (including phenoxy) is 1. The third-order valence-electron chi connectivity index (χ3n) is 5.32. The minimum atomic E-state index is -0.415. The summed E-state index contributed by atoms with van der Waals surface area (Å²) in [4.78, 5) is 30.3. The summed E-state index contributed by atoms with van der Waals surface area (Å²) in [6, 6.07) is 4.87. The number of rotatable bonds is 2. The van der Waals surface area contributed by atoms with Crippen LogP contribution in [0.3, 0.4) is 0 Å². The highest BCUT2D eigenvalue weighted by atomic mass is 35.5. The van der Waals surface area contributed by atoms with E-state index in [2.05, 4.69) is 27.4 Å². The summed E-state index contributed by atoms with van der Waals surface area (Å²) in [5, 5.41) is 6.42. The summed E-state index contributed by atoms with van der Waals surface area (Å²) in [5.74, 6) is 0.716. The lowest BCUT2D eigenvalue weighted by Gasteiger charge is -2.45. The van der Waals surface area contributed by atoms with Gasteiger partial charge in [-0.3, -0.25) is 20.3 Å². The van der Waals surface area contributed by atoms with Crippen LogP contribution in [0.4, 0.5) is 10.5 Å². The van der Waals surface area contributed by atoms with E-state index in [1.165, 1.54) is 0 Å². The number of anilines is 1. The monoisotopic (exact) mass is 379 g/mol. The Morgan fingerprint density at radius 3 is 2.73 bits per heavy atom. The highest BCUT2D eigenvalue weighted by Gasteiger charge is 2.54. The number of halogens is 1. The van der Waals surface area contributed by atoms with Gasteiger partial charge in [0.25, 0.3) is 0 Å². The standard InChI is InChI=1S/C17H22ClN5O3/c1-9-7-22(10-4-5-12(26-3)11(18)6-10)16-19-14-13(23(16)8-9)15(24)20-17(25)21(14)2/h4-6,9,13-14,16,19H,7-8H2,1-3H3,(H,20,24,25). The number of methoxy groups -OCH3 is 1. The van der Waals surface area contributed by atoms with Crippen molar-refractivity contribution in [3.8, 4) is 5.75 Å². The number of hydrogen-bond acceptors (Lipinski definition) is 6. The average Bonchev–Trinajstić information content (AvgIpc) is 2.99. The molecule has 26 heavy (non-hydrogen) atoms. The minimum Gasteiger partial charge on any atom is -0.495 e. The molecule has 9 heteroatoms. The van der Waals surface area contributed by atoms with E-state index >= 15 is 0 Å². The molecule has 2 N–H and O–H groups in total. The molecule has 1 aromatic rings. The van der Waals surface area contributed by atoms with Gasteiger partial charge in [0.2, 0.25) is 5.91 Å². The third kappa shape index (κ3) is 2.60. The van der Waals surface area contributed by atoms with Crippen LogP contribution >= 0.6 is 11.6 Å². The van der Waals surface area contributed by atoms with E-state index in [0.29, 0.717) is 16.7 Å². The van der Waals surface area contributed by atoms with Crippen molar-refractivity contribution in [1.29, 1.82) is 0 Å². The molecular weight excluding hydrogens is 358 g/mol. The molecule has 0 bridgehead atoms. The second kappa shape index (κ2) is 6.29.